The van der Waals surface area contributed by atoms with E-state index < -0.39 is 73.7 Å². The van der Waals surface area contributed by atoms with Crippen LogP contribution in [0.25, 0.3) is 0 Å². The molecule has 7 N–H and O–H groups in total. The number of aliphatic carboxylic acids is 1. The number of carbonyl (C=O) groups excluding carboxylic acids is 2. The van der Waals surface area contributed by atoms with Gasteiger partial charge in [-0.1, -0.05) is 0 Å². The Balaban J connectivity index is 3.26. The summed E-state index contributed by atoms with van der Waals surface area (Å²) in [6, 6.07) is -1.37. The van der Waals surface area contributed by atoms with Gasteiger partial charge in [0, 0.05) is 6.92 Å². The van der Waals surface area contributed by atoms with Crippen molar-refractivity contribution < 1.29 is 54.5 Å². The Morgan fingerprint density at radius 3 is 2.36 bits per heavy atom. The van der Waals surface area contributed by atoms with E-state index in [9.17, 15) is 29.7 Å². The van der Waals surface area contributed by atoms with Crippen LogP contribution in [0.4, 0.5) is 0 Å². The largest absolute Gasteiger partial charge is 0.477 e. The Bertz CT molecular complexity index is 512. The molecule has 0 saturated carbocycles. The van der Waals surface area contributed by atoms with Crippen molar-refractivity contribution >= 4 is 17.8 Å². The summed E-state index contributed by atoms with van der Waals surface area (Å²) in [5, 5.41) is 58.9. The Morgan fingerprint density at radius 1 is 1.32 bits per heavy atom. The molecule has 3 unspecified atom stereocenters. The predicted octanol–water partition coefficient (Wildman–Crippen LogP) is -4.33. The molecule has 1 rings (SSSR count). The van der Waals surface area contributed by atoms with E-state index in [2.05, 4.69) is 5.32 Å². The van der Waals surface area contributed by atoms with Crippen LogP contribution in [-0.4, -0.2) is 97.9 Å². The van der Waals surface area contributed by atoms with Crippen molar-refractivity contribution in [2.75, 3.05) is 13.2 Å². The number of hydrogen-bond acceptors (Lipinski definition) is 10. The van der Waals surface area contributed by atoms with Crippen LogP contribution in [0.3, 0.4) is 0 Å². The van der Waals surface area contributed by atoms with Gasteiger partial charge in [0.25, 0.3) is 5.79 Å². The summed E-state index contributed by atoms with van der Waals surface area (Å²) in [6.45, 7) is -0.905. The zero-order valence-electron chi connectivity index (χ0n) is 13.2. The summed E-state index contributed by atoms with van der Waals surface area (Å²) < 4.78 is 9.78. The Labute approximate surface area is 141 Å². The second kappa shape index (κ2) is 8.51. The normalized spacial score (nSPS) is 31.7. The lowest BCUT2D eigenvalue weighted by Crippen LogP contribution is -2.68. The number of esters is 1. The molecular weight excluding hydrogens is 346 g/mol. The second-order valence-corrected chi connectivity index (χ2v) is 5.53. The van der Waals surface area contributed by atoms with E-state index >= 15 is 0 Å². The minimum absolute atomic E-state index is 0.671. The molecular formula is C13H21NO11. The number of rotatable bonds is 7. The van der Waals surface area contributed by atoms with Crippen LogP contribution < -0.4 is 5.32 Å². The maximum atomic E-state index is 11.4. The van der Waals surface area contributed by atoms with Crippen molar-refractivity contribution in [3.8, 4) is 0 Å². The van der Waals surface area contributed by atoms with E-state index in [4.69, 9.17) is 24.8 Å². The van der Waals surface area contributed by atoms with Gasteiger partial charge in [0.2, 0.25) is 5.91 Å². The molecule has 0 spiro atoms. The number of aliphatic hydroxyl groups excluding tert-OH is 4. The fourth-order valence-electron chi connectivity index (χ4n) is 2.44. The highest BCUT2D eigenvalue weighted by molar-refractivity contribution is 5.77. The first kappa shape index (κ1) is 21.2. The SMILES string of the molecule is CC(=O)N[C@@H]1[C@@H](OC(=O)CO)CC(O)(C(=O)O)O[C@H]1C(O)C(O)CO. The fourth-order valence-corrected chi connectivity index (χ4v) is 2.44. The number of hydrogen-bond donors (Lipinski definition) is 7. The zero-order chi connectivity index (χ0) is 19.4. The van der Waals surface area contributed by atoms with E-state index in [1.54, 1.807) is 0 Å². The molecule has 1 heterocycles. The van der Waals surface area contributed by atoms with E-state index in [1.807, 2.05) is 0 Å². The minimum Gasteiger partial charge on any atom is -0.477 e. The van der Waals surface area contributed by atoms with E-state index in [0.717, 1.165) is 6.92 Å². The molecule has 0 aromatic heterocycles. The van der Waals surface area contributed by atoms with Gasteiger partial charge >= 0.3 is 11.9 Å². The molecule has 0 bridgehead atoms. The molecule has 1 aliphatic rings. The third-order valence-corrected chi connectivity index (χ3v) is 3.60. The number of amides is 1. The molecule has 6 atom stereocenters. The first-order chi connectivity index (χ1) is 11.6. The summed E-state index contributed by atoms with van der Waals surface area (Å²) in [7, 11) is 0. The maximum absolute atomic E-state index is 11.4. The van der Waals surface area contributed by atoms with Crippen molar-refractivity contribution in [2.45, 2.75) is 49.6 Å². The van der Waals surface area contributed by atoms with Gasteiger partial charge in [-0.3, -0.25) is 4.79 Å². The van der Waals surface area contributed by atoms with Crippen molar-refractivity contribution in [3.63, 3.8) is 0 Å². The summed E-state index contributed by atoms with van der Waals surface area (Å²) in [4.78, 5) is 34.0. The van der Waals surface area contributed by atoms with Crippen molar-refractivity contribution in [1.29, 1.82) is 0 Å². The molecule has 25 heavy (non-hydrogen) atoms. The third-order valence-electron chi connectivity index (χ3n) is 3.60. The van der Waals surface area contributed by atoms with Crippen LogP contribution in [0, 0.1) is 0 Å². The van der Waals surface area contributed by atoms with E-state index in [1.165, 1.54) is 0 Å². The quantitative estimate of drug-likeness (QED) is 0.214. The smallest absolute Gasteiger partial charge is 0.364 e. The van der Waals surface area contributed by atoms with E-state index in [0.29, 0.717) is 0 Å². The van der Waals surface area contributed by atoms with Crippen molar-refractivity contribution in [1.82, 2.24) is 5.32 Å². The van der Waals surface area contributed by atoms with Gasteiger partial charge in [-0.05, 0) is 0 Å². The summed E-state index contributed by atoms with van der Waals surface area (Å²) in [5.74, 6) is -6.62. The molecule has 1 amide bonds. The number of carboxylic acid groups (broad SMARTS) is 1. The van der Waals surface area contributed by atoms with Crippen LogP contribution >= 0.6 is 0 Å². The van der Waals surface area contributed by atoms with Crippen molar-refractivity contribution in [3.05, 3.63) is 0 Å². The van der Waals surface area contributed by atoms with Gasteiger partial charge in [0.05, 0.1) is 19.1 Å². The van der Waals surface area contributed by atoms with Crippen LogP contribution in [0.1, 0.15) is 13.3 Å². The Morgan fingerprint density at radius 2 is 1.92 bits per heavy atom. The standard InChI is InChI=1S/C13H21NO11/c1-5(17)14-9-7(24-8(19)4-16)2-13(23,12(21)22)25-11(9)10(20)6(18)3-15/h6-7,9-11,15-16,18,20,23H,2-4H2,1H3,(H,14,17)(H,21,22)/t6?,7-,9+,10?,11+,13?/m0/s1. The van der Waals surface area contributed by atoms with Crippen LogP contribution in [-0.2, 0) is 23.9 Å². The maximum Gasteiger partial charge on any atom is 0.364 e. The van der Waals surface area contributed by atoms with Crippen LogP contribution in [0.2, 0.25) is 0 Å². The van der Waals surface area contributed by atoms with Gasteiger partial charge < -0.3 is 45.4 Å². The molecule has 144 valence electrons. The number of ether oxygens (including phenoxy) is 2. The Kier molecular flexibility index (Phi) is 7.22. The van der Waals surface area contributed by atoms with Gasteiger partial charge in [0.1, 0.15) is 31.0 Å². The van der Waals surface area contributed by atoms with Crippen molar-refractivity contribution in [2.24, 2.45) is 0 Å². The predicted molar refractivity (Wildman–Crippen MR) is 75.7 cm³/mol. The number of carbonyl (C=O) groups is 3. The van der Waals surface area contributed by atoms with Gasteiger partial charge in [-0.25, -0.2) is 9.59 Å². The summed E-state index contributed by atoms with van der Waals surface area (Å²) in [6.07, 6.45) is -7.83. The summed E-state index contributed by atoms with van der Waals surface area (Å²) >= 11 is 0. The monoisotopic (exact) mass is 367 g/mol. The summed E-state index contributed by atoms with van der Waals surface area (Å²) in [5.41, 5.74) is 0. The molecule has 12 heteroatoms. The topological polar surface area (TPSA) is 203 Å². The molecule has 0 aliphatic carbocycles. The molecule has 1 fully saturated rings. The first-order valence-electron chi connectivity index (χ1n) is 7.23. The number of nitrogens with one attached hydrogen (secondary N) is 1. The van der Waals surface area contributed by atoms with Gasteiger partial charge in [-0.2, -0.15) is 0 Å². The molecule has 0 aromatic rings. The van der Waals surface area contributed by atoms with Crippen LogP contribution in [0.5, 0.6) is 0 Å². The minimum atomic E-state index is -2.91. The second-order valence-electron chi connectivity index (χ2n) is 5.53. The lowest BCUT2D eigenvalue weighted by atomic mass is 9.88. The highest BCUT2D eigenvalue weighted by Gasteiger charge is 2.55. The number of aliphatic hydroxyl groups is 5. The average Bonchev–Trinajstić information content (AvgIpc) is 2.54. The molecule has 12 nitrogen and oxygen atoms in total. The lowest BCUT2D eigenvalue weighted by molar-refractivity contribution is -0.296. The highest BCUT2D eigenvalue weighted by Crippen LogP contribution is 2.32. The molecule has 1 saturated heterocycles. The van der Waals surface area contributed by atoms with Crippen LogP contribution in [0.15, 0.2) is 0 Å². The molecule has 1 aliphatic heterocycles. The average molecular weight is 367 g/mol. The van der Waals surface area contributed by atoms with Gasteiger partial charge in [-0.15, -0.1) is 0 Å². The Hall–Kier alpha value is -1.83. The highest BCUT2D eigenvalue weighted by atomic mass is 16.7. The van der Waals surface area contributed by atoms with E-state index in [-0.39, 0.29) is 0 Å². The lowest BCUT2D eigenvalue weighted by Gasteiger charge is -2.45. The fraction of sp³-hybridized carbons (Fsp3) is 0.769. The zero-order valence-corrected chi connectivity index (χ0v) is 13.2. The number of carboxylic acids is 1. The first-order valence-corrected chi connectivity index (χ1v) is 7.23. The molecule has 0 radical (unpaired) electrons. The molecule has 0 aromatic carbocycles. The van der Waals surface area contributed by atoms with Gasteiger partial charge in [0.15, 0.2) is 0 Å². The third kappa shape index (κ3) is 5.07.